The first-order valence-corrected chi connectivity index (χ1v) is 7.85. The van der Waals surface area contributed by atoms with Crippen molar-refractivity contribution in [3.63, 3.8) is 0 Å². The molecule has 21 heavy (non-hydrogen) atoms. The van der Waals surface area contributed by atoms with Crippen molar-refractivity contribution in [2.24, 2.45) is 7.05 Å². The van der Waals surface area contributed by atoms with Gasteiger partial charge in [0.1, 0.15) is 5.82 Å². The number of likely N-dealkylation sites (N-methyl/N-ethyl adjacent to an activating group) is 1. The molecule has 0 atom stereocenters. The lowest BCUT2D eigenvalue weighted by Gasteiger charge is -2.09. The molecule has 3 rings (SSSR count). The first-order chi connectivity index (χ1) is 10.2. The van der Waals surface area contributed by atoms with Gasteiger partial charge in [-0.05, 0) is 43.8 Å². The Morgan fingerprint density at radius 2 is 2.00 bits per heavy atom. The third-order valence-corrected chi connectivity index (χ3v) is 4.24. The van der Waals surface area contributed by atoms with Gasteiger partial charge < -0.3 is 9.88 Å². The van der Waals surface area contributed by atoms with Crippen molar-refractivity contribution >= 4 is 27.0 Å². The fourth-order valence-corrected chi connectivity index (χ4v) is 2.98. The minimum atomic E-state index is 0.965. The number of nitrogens with zero attached hydrogens (tertiary/aromatic N) is 2. The second-order valence-electron chi connectivity index (χ2n) is 5.14. The Hall–Kier alpha value is -1.65. The number of aromatic nitrogens is 2. The SMILES string of the molecule is CNCCc1ccccc1-c1nc2cc(Br)ccc2n1C. The van der Waals surface area contributed by atoms with Gasteiger partial charge in [0, 0.05) is 17.1 Å². The van der Waals surface area contributed by atoms with Crippen molar-refractivity contribution in [3.05, 3.63) is 52.5 Å². The van der Waals surface area contributed by atoms with Crippen molar-refractivity contribution in [2.45, 2.75) is 6.42 Å². The van der Waals surface area contributed by atoms with Gasteiger partial charge in [0.05, 0.1) is 11.0 Å². The highest BCUT2D eigenvalue weighted by Crippen LogP contribution is 2.28. The van der Waals surface area contributed by atoms with Gasteiger partial charge in [-0.25, -0.2) is 4.98 Å². The molecule has 0 aliphatic carbocycles. The van der Waals surface area contributed by atoms with Crippen LogP contribution in [-0.4, -0.2) is 23.1 Å². The summed E-state index contributed by atoms with van der Waals surface area (Å²) in [5.41, 5.74) is 4.70. The molecule has 3 aromatic rings. The second-order valence-corrected chi connectivity index (χ2v) is 6.05. The lowest BCUT2D eigenvalue weighted by molar-refractivity contribution is 0.791. The Balaban J connectivity index is 2.14. The fourth-order valence-electron chi connectivity index (χ4n) is 2.63. The molecule has 0 saturated heterocycles. The van der Waals surface area contributed by atoms with E-state index in [4.69, 9.17) is 4.98 Å². The van der Waals surface area contributed by atoms with Gasteiger partial charge in [-0.15, -0.1) is 0 Å². The molecule has 1 N–H and O–H groups in total. The van der Waals surface area contributed by atoms with Crippen LogP contribution in [-0.2, 0) is 13.5 Å². The van der Waals surface area contributed by atoms with E-state index in [1.54, 1.807) is 0 Å². The van der Waals surface area contributed by atoms with E-state index >= 15 is 0 Å². The molecule has 0 fully saturated rings. The Kier molecular flexibility index (Phi) is 4.08. The molecular formula is C17H18BrN3. The van der Waals surface area contributed by atoms with E-state index in [0.717, 1.165) is 34.3 Å². The molecule has 0 radical (unpaired) electrons. The highest BCUT2D eigenvalue weighted by molar-refractivity contribution is 9.10. The predicted molar refractivity (Wildman–Crippen MR) is 91.5 cm³/mol. The minimum Gasteiger partial charge on any atom is -0.327 e. The molecule has 0 amide bonds. The standard InChI is InChI=1S/C17H18BrN3/c1-19-10-9-12-5-3-4-6-14(12)17-20-15-11-13(18)7-8-16(15)21(17)2/h3-8,11,19H,9-10H2,1-2H3. The molecule has 108 valence electrons. The van der Waals surface area contributed by atoms with E-state index in [9.17, 15) is 0 Å². The lowest BCUT2D eigenvalue weighted by atomic mass is 10.0. The lowest BCUT2D eigenvalue weighted by Crippen LogP contribution is -2.11. The maximum absolute atomic E-state index is 4.82. The Morgan fingerprint density at radius 1 is 1.19 bits per heavy atom. The normalized spacial score (nSPS) is 11.2. The molecule has 2 aromatic carbocycles. The number of rotatable bonds is 4. The first-order valence-electron chi connectivity index (χ1n) is 7.05. The van der Waals surface area contributed by atoms with E-state index in [0.29, 0.717) is 0 Å². The molecule has 1 aromatic heterocycles. The monoisotopic (exact) mass is 343 g/mol. The van der Waals surface area contributed by atoms with Gasteiger partial charge in [-0.1, -0.05) is 40.2 Å². The topological polar surface area (TPSA) is 29.9 Å². The zero-order chi connectivity index (χ0) is 14.8. The van der Waals surface area contributed by atoms with Crippen molar-refractivity contribution in [1.82, 2.24) is 14.9 Å². The number of aryl methyl sites for hydroxylation is 1. The van der Waals surface area contributed by atoms with Crippen LogP contribution < -0.4 is 5.32 Å². The number of hydrogen-bond acceptors (Lipinski definition) is 2. The summed E-state index contributed by atoms with van der Waals surface area (Å²) in [4.78, 5) is 4.82. The molecule has 0 aliphatic heterocycles. The number of halogens is 1. The number of imidazole rings is 1. The van der Waals surface area contributed by atoms with Crippen LogP contribution in [0.2, 0.25) is 0 Å². The van der Waals surface area contributed by atoms with E-state index in [-0.39, 0.29) is 0 Å². The third kappa shape index (κ3) is 2.74. The van der Waals surface area contributed by atoms with E-state index in [1.807, 2.05) is 7.05 Å². The quantitative estimate of drug-likeness (QED) is 0.781. The Labute approximate surface area is 133 Å². The summed E-state index contributed by atoms with van der Waals surface area (Å²) in [7, 11) is 4.06. The molecule has 4 heteroatoms. The van der Waals surface area contributed by atoms with Crippen LogP contribution in [0.1, 0.15) is 5.56 Å². The summed E-state index contributed by atoms with van der Waals surface area (Å²) in [5, 5.41) is 3.21. The average molecular weight is 344 g/mol. The van der Waals surface area contributed by atoms with Crippen molar-refractivity contribution in [3.8, 4) is 11.4 Å². The number of benzene rings is 2. The molecule has 0 saturated carbocycles. The zero-order valence-corrected chi connectivity index (χ0v) is 13.8. The van der Waals surface area contributed by atoms with Gasteiger partial charge in [0.25, 0.3) is 0 Å². The van der Waals surface area contributed by atoms with Crippen LogP contribution in [0.4, 0.5) is 0 Å². The molecule has 0 aliphatic rings. The predicted octanol–water partition coefficient (Wildman–Crippen LogP) is 3.76. The van der Waals surface area contributed by atoms with Crippen LogP contribution in [0, 0.1) is 0 Å². The molecular weight excluding hydrogens is 326 g/mol. The first kappa shape index (κ1) is 14.3. The number of nitrogens with one attached hydrogen (secondary N) is 1. The van der Waals surface area contributed by atoms with Crippen LogP contribution >= 0.6 is 15.9 Å². The van der Waals surface area contributed by atoms with Crippen molar-refractivity contribution in [1.29, 1.82) is 0 Å². The van der Waals surface area contributed by atoms with Crippen molar-refractivity contribution in [2.75, 3.05) is 13.6 Å². The molecule has 0 bridgehead atoms. The molecule has 0 unspecified atom stereocenters. The van der Waals surface area contributed by atoms with Crippen LogP contribution in [0.5, 0.6) is 0 Å². The van der Waals surface area contributed by atoms with Crippen LogP contribution in [0.3, 0.4) is 0 Å². The van der Waals surface area contributed by atoms with Crippen LogP contribution in [0.15, 0.2) is 46.9 Å². The Bertz CT molecular complexity index is 777. The second kappa shape index (κ2) is 6.00. The summed E-state index contributed by atoms with van der Waals surface area (Å²) in [6.07, 6.45) is 1.000. The zero-order valence-electron chi connectivity index (χ0n) is 12.2. The van der Waals surface area contributed by atoms with Gasteiger partial charge in [-0.2, -0.15) is 0 Å². The number of fused-ring (bicyclic) bond motifs is 1. The van der Waals surface area contributed by atoms with Gasteiger partial charge in [-0.3, -0.25) is 0 Å². The van der Waals surface area contributed by atoms with Crippen LogP contribution in [0.25, 0.3) is 22.4 Å². The summed E-state index contributed by atoms with van der Waals surface area (Å²) < 4.78 is 3.23. The fraction of sp³-hybridized carbons (Fsp3) is 0.235. The van der Waals surface area contributed by atoms with E-state index in [1.165, 1.54) is 11.1 Å². The van der Waals surface area contributed by atoms with E-state index < -0.39 is 0 Å². The maximum atomic E-state index is 4.82. The maximum Gasteiger partial charge on any atom is 0.141 e. The molecule has 0 spiro atoms. The number of hydrogen-bond donors (Lipinski definition) is 1. The largest absolute Gasteiger partial charge is 0.327 e. The summed E-state index contributed by atoms with van der Waals surface area (Å²) in [5.74, 6) is 1.02. The molecule has 3 nitrogen and oxygen atoms in total. The molecule has 1 heterocycles. The highest BCUT2D eigenvalue weighted by atomic mass is 79.9. The smallest absolute Gasteiger partial charge is 0.141 e. The van der Waals surface area contributed by atoms with Crippen molar-refractivity contribution < 1.29 is 0 Å². The summed E-state index contributed by atoms with van der Waals surface area (Å²) in [6, 6.07) is 14.7. The Morgan fingerprint density at radius 3 is 2.81 bits per heavy atom. The van der Waals surface area contributed by atoms with Gasteiger partial charge >= 0.3 is 0 Å². The minimum absolute atomic E-state index is 0.965. The summed E-state index contributed by atoms with van der Waals surface area (Å²) in [6.45, 7) is 0.965. The average Bonchev–Trinajstić information content (AvgIpc) is 2.81. The summed E-state index contributed by atoms with van der Waals surface area (Å²) >= 11 is 3.51. The van der Waals surface area contributed by atoms with Gasteiger partial charge in [0.15, 0.2) is 0 Å². The highest BCUT2D eigenvalue weighted by Gasteiger charge is 2.13. The van der Waals surface area contributed by atoms with E-state index in [2.05, 4.69) is 75.3 Å². The third-order valence-electron chi connectivity index (χ3n) is 3.75. The van der Waals surface area contributed by atoms with Gasteiger partial charge in [0.2, 0.25) is 0 Å².